The van der Waals surface area contributed by atoms with Gasteiger partial charge in [0.05, 0.1) is 0 Å². The van der Waals surface area contributed by atoms with Crippen LogP contribution in [0.5, 0.6) is 0 Å². The molecule has 1 aliphatic carbocycles. The van der Waals surface area contributed by atoms with Crippen molar-refractivity contribution in [2.75, 3.05) is 7.05 Å². The molecular weight excluding hydrogens is 194 g/mol. The van der Waals surface area contributed by atoms with Crippen molar-refractivity contribution in [1.82, 2.24) is 4.90 Å². The molecule has 2 rings (SSSR count). The number of guanidine groups is 1. The van der Waals surface area contributed by atoms with Crippen LogP contribution in [0.3, 0.4) is 0 Å². The molecule has 0 bridgehead atoms. The van der Waals surface area contributed by atoms with Gasteiger partial charge in [-0.3, -0.25) is 4.99 Å². The SMILES string of the molecule is CN=C(N)N(Cc1ccsc1)C1CC1. The van der Waals surface area contributed by atoms with Crippen molar-refractivity contribution in [2.24, 2.45) is 10.7 Å². The Kier molecular flexibility index (Phi) is 2.72. The topological polar surface area (TPSA) is 41.6 Å². The molecule has 1 aromatic rings. The first-order valence-electron chi connectivity index (χ1n) is 4.81. The number of nitrogens with zero attached hydrogens (tertiary/aromatic N) is 2. The third kappa shape index (κ3) is 2.07. The van der Waals surface area contributed by atoms with Crippen molar-refractivity contribution in [3.05, 3.63) is 22.4 Å². The van der Waals surface area contributed by atoms with E-state index in [0.29, 0.717) is 12.0 Å². The van der Waals surface area contributed by atoms with Gasteiger partial charge in [0.2, 0.25) is 0 Å². The maximum Gasteiger partial charge on any atom is 0.191 e. The quantitative estimate of drug-likeness (QED) is 0.607. The van der Waals surface area contributed by atoms with Crippen LogP contribution in [0, 0.1) is 0 Å². The van der Waals surface area contributed by atoms with Gasteiger partial charge in [-0.05, 0) is 35.2 Å². The van der Waals surface area contributed by atoms with Gasteiger partial charge >= 0.3 is 0 Å². The zero-order valence-corrected chi connectivity index (χ0v) is 9.13. The smallest absolute Gasteiger partial charge is 0.191 e. The van der Waals surface area contributed by atoms with Gasteiger partial charge in [-0.1, -0.05) is 0 Å². The minimum Gasteiger partial charge on any atom is -0.370 e. The molecule has 76 valence electrons. The van der Waals surface area contributed by atoms with Crippen molar-refractivity contribution < 1.29 is 0 Å². The van der Waals surface area contributed by atoms with E-state index in [0.717, 1.165) is 6.54 Å². The number of hydrogen-bond donors (Lipinski definition) is 1. The first kappa shape index (κ1) is 9.52. The number of nitrogens with two attached hydrogens (primary N) is 1. The lowest BCUT2D eigenvalue weighted by atomic mass is 10.3. The third-order valence-electron chi connectivity index (χ3n) is 2.44. The fraction of sp³-hybridized carbons (Fsp3) is 0.500. The highest BCUT2D eigenvalue weighted by Gasteiger charge is 2.30. The highest BCUT2D eigenvalue weighted by molar-refractivity contribution is 7.07. The van der Waals surface area contributed by atoms with Crippen molar-refractivity contribution in [3.8, 4) is 0 Å². The van der Waals surface area contributed by atoms with Gasteiger partial charge in [-0.2, -0.15) is 11.3 Å². The lowest BCUT2D eigenvalue weighted by molar-refractivity contribution is 0.398. The zero-order chi connectivity index (χ0) is 9.97. The average molecular weight is 209 g/mol. The molecule has 0 aromatic carbocycles. The van der Waals surface area contributed by atoms with E-state index < -0.39 is 0 Å². The Bertz CT molecular complexity index is 314. The lowest BCUT2D eigenvalue weighted by Gasteiger charge is -2.22. The third-order valence-corrected chi connectivity index (χ3v) is 3.18. The highest BCUT2D eigenvalue weighted by atomic mass is 32.1. The van der Waals surface area contributed by atoms with Crippen LogP contribution >= 0.6 is 11.3 Å². The van der Waals surface area contributed by atoms with Gasteiger partial charge in [0.15, 0.2) is 5.96 Å². The summed E-state index contributed by atoms with van der Waals surface area (Å²) in [4.78, 5) is 6.25. The summed E-state index contributed by atoms with van der Waals surface area (Å²) in [6.45, 7) is 0.900. The Hall–Kier alpha value is -1.03. The van der Waals surface area contributed by atoms with Crippen LogP contribution in [0.15, 0.2) is 21.8 Å². The molecule has 1 aliphatic rings. The van der Waals surface area contributed by atoms with Crippen LogP contribution in [0.4, 0.5) is 0 Å². The molecule has 0 unspecified atom stereocenters. The molecular formula is C10H15N3S. The maximum absolute atomic E-state index is 5.85. The number of aliphatic imine (C=N–C) groups is 1. The summed E-state index contributed by atoms with van der Waals surface area (Å²) in [7, 11) is 1.75. The molecule has 3 nitrogen and oxygen atoms in total. The first-order valence-corrected chi connectivity index (χ1v) is 5.75. The average Bonchev–Trinajstić information content (AvgIpc) is 2.92. The molecule has 4 heteroatoms. The molecule has 0 aliphatic heterocycles. The summed E-state index contributed by atoms with van der Waals surface area (Å²) in [6.07, 6.45) is 2.50. The second-order valence-corrected chi connectivity index (χ2v) is 4.35. The van der Waals surface area contributed by atoms with Gasteiger partial charge in [0.25, 0.3) is 0 Å². The van der Waals surface area contributed by atoms with Crippen molar-refractivity contribution >= 4 is 17.3 Å². The van der Waals surface area contributed by atoms with Crippen LogP contribution in [0.2, 0.25) is 0 Å². The Labute approximate surface area is 88.3 Å². The van der Waals surface area contributed by atoms with Crippen LogP contribution in [-0.2, 0) is 6.54 Å². The summed E-state index contributed by atoms with van der Waals surface area (Å²) in [6, 6.07) is 2.77. The van der Waals surface area contributed by atoms with Gasteiger partial charge < -0.3 is 10.6 Å². The molecule has 1 saturated carbocycles. The van der Waals surface area contributed by atoms with E-state index in [1.54, 1.807) is 18.4 Å². The van der Waals surface area contributed by atoms with E-state index in [1.165, 1.54) is 18.4 Å². The van der Waals surface area contributed by atoms with E-state index in [9.17, 15) is 0 Å². The Morgan fingerprint density at radius 2 is 2.50 bits per heavy atom. The largest absolute Gasteiger partial charge is 0.370 e. The van der Waals surface area contributed by atoms with Gasteiger partial charge in [-0.25, -0.2) is 0 Å². The summed E-state index contributed by atoms with van der Waals surface area (Å²) >= 11 is 1.73. The molecule has 1 aromatic heterocycles. The second kappa shape index (κ2) is 4.00. The summed E-state index contributed by atoms with van der Waals surface area (Å²) < 4.78 is 0. The monoisotopic (exact) mass is 209 g/mol. The van der Waals surface area contributed by atoms with E-state index in [1.807, 2.05) is 0 Å². The van der Waals surface area contributed by atoms with E-state index in [4.69, 9.17) is 5.73 Å². The predicted octanol–water partition coefficient (Wildman–Crippen LogP) is 1.66. The number of thiophene rings is 1. The summed E-state index contributed by atoms with van der Waals surface area (Å²) in [5.41, 5.74) is 7.18. The Morgan fingerprint density at radius 3 is 3.00 bits per heavy atom. The summed E-state index contributed by atoms with van der Waals surface area (Å²) in [5, 5.41) is 4.26. The van der Waals surface area contributed by atoms with Crippen LogP contribution in [-0.4, -0.2) is 23.9 Å². The molecule has 2 N–H and O–H groups in total. The Morgan fingerprint density at radius 1 is 1.71 bits per heavy atom. The van der Waals surface area contributed by atoms with Crippen molar-refractivity contribution in [1.29, 1.82) is 0 Å². The van der Waals surface area contributed by atoms with E-state index >= 15 is 0 Å². The predicted molar refractivity (Wildman–Crippen MR) is 60.4 cm³/mol. The van der Waals surface area contributed by atoms with Gasteiger partial charge in [0, 0.05) is 19.6 Å². The molecule has 0 amide bonds. The Balaban J connectivity index is 2.04. The first-order chi connectivity index (χ1) is 6.81. The fourth-order valence-electron chi connectivity index (χ4n) is 1.49. The molecule has 0 radical (unpaired) electrons. The highest BCUT2D eigenvalue weighted by Crippen LogP contribution is 2.28. The number of hydrogen-bond acceptors (Lipinski definition) is 2. The van der Waals surface area contributed by atoms with Gasteiger partial charge in [-0.15, -0.1) is 0 Å². The molecule has 0 spiro atoms. The minimum absolute atomic E-state index is 0.624. The number of rotatable bonds is 3. The normalized spacial score (nSPS) is 17.1. The summed E-state index contributed by atoms with van der Waals surface area (Å²) in [5.74, 6) is 0.665. The fourth-order valence-corrected chi connectivity index (χ4v) is 2.15. The van der Waals surface area contributed by atoms with Gasteiger partial charge in [0.1, 0.15) is 0 Å². The van der Waals surface area contributed by atoms with Crippen LogP contribution in [0.25, 0.3) is 0 Å². The van der Waals surface area contributed by atoms with E-state index in [2.05, 4.69) is 26.7 Å². The minimum atomic E-state index is 0.624. The molecule has 1 fully saturated rings. The molecule has 1 heterocycles. The second-order valence-electron chi connectivity index (χ2n) is 3.57. The molecule has 0 atom stereocenters. The zero-order valence-electron chi connectivity index (χ0n) is 8.31. The van der Waals surface area contributed by atoms with Crippen molar-refractivity contribution in [3.63, 3.8) is 0 Å². The standard InChI is InChI=1S/C10H15N3S/c1-12-10(11)13(9-2-3-9)6-8-4-5-14-7-8/h4-5,7,9H,2-3,6H2,1H3,(H2,11,12). The van der Waals surface area contributed by atoms with Crippen molar-refractivity contribution in [2.45, 2.75) is 25.4 Å². The maximum atomic E-state index is 5.85. The lowest BCUT2D eigenvalue weighted by Crippen LogP contribution is -2.38. The van der Waals surface area contributed by atoms with Crippen LogP contribution < -0.4 is 5.73 Å². The van der Waals surface area contributed by atoms with Crippen LogP contribution in [0.1, 0.15) is 18.4 Å². The molecule has 14 heavy (non-hydrogen) atoms. The molecule has 0 saturated heterocycles. The van der Waals surface area contributed by atoms with E-state index in [-0.39, 0.29) is 0 Å².